The van der Waals surface area contributed by atoms with Crippen molar-refractivity contribution in [3.8, 4) is 0 Å². The fourth-order valence-electron chi connectivity index (χ4n) is 4.18. The molecule has 2 aromatic carbocycles. The van der Waals surface area contributed by atoms with E-state index in [1.165, 1.54) is 5.56 Å². The van der Waals surface area contributed by atoms with Crippen molar-refractivity contribution in [3.05, 3.63) is 59.9 Å². The summed E-state index contributed by atoms with van der Waals surface area (Å²) in [5.74, 6) is 1.62. The number of benzene rings is 2. The largest absolute Gasteiger partial charge is 0.338 e. The molecule has 1 N–H and O–H groups in total. The van der Waals surface area contributed by atoms with Crippen LogP contribution in [0.25, 0.3) is 16.6 Å². The number of rotatable bonds is 2. The lowest BCUT2D eigenvalue weighted by molar-refractivity contribution is 0.184. The highest BCUT2D eigenvalue weighted by molar-refractivity contribution is 5.92. The lowest BCUT2D eigenvalue weighted by atomic mass is 10.2. The third-order valence-corrected chi connectivity index (χ3v) is 5.86. The summed E-state index contributed by atoms with van der Waals surface area (Å²) in [5.41, 5.74) is 3.68. The molecule has 0 aliphatic carbocycles. The number of fused-ring (bicyclic) bond motifs is 3. The van der Waals surface area contributed by atoms with E-state index >= 15 is 0 Å². The number of carbonyl (C=O) groups excluding carboxylic acids is 1. The molecule has 3 heterocycles. The Kier molecular flexibility index (Phi) is 4.69. The maximum absolute atomic E-state index is 12.9. The maximum Gasteiger partial charge on any atom is 0.322 e. The van der Waals surface area contributed by atoms with E-state index < -0.39 is 0 Å². The molecule has 1 saturated heterocycles. The molecule has 8 nitrogen and oxygen atoms in total. The van der Waals surface area contributed by atoms with Crippen molar-refractivity contribution in [1.82, 2.24) is 24.5 Å². The van der Waals surface area contributed by atoms with Gasteiger partial charge in [0.15, 0.2) is 5.65 Å². The number of anilines is 2. The molecule has 31 heavy (non-hydrogen) atoms. The monoisotopic (exact) mass is 415 g/mol. The van der Waals surface area contributed by atoms with Crippen LogP contribution in [0.2, 0.25) is 0 Å². The van der Waals surface area contributed by atoms with E-state index in [9.17, 15) is 4.79 Å². The predicted octanol–water partition coefficient (Wildman–Crippen LogP) is 3.64. The molecule has 1 aliphatic heterocycles. The standard InChI is InChI=1S/C23H25N7O/c1-15-8-10-18(11-9-15)24-23(31)29-13-12-28(14-16(29)2)22-25-20-7-5-4-6-19(20)21-27-26-17(3)30(21)22/h4-11,16H,12-14H2,1-3H3,(H,24,31)/t16-/m0/s1. The molecule has 2 aromatic heterocycles. The van der Waals surface area contributed by atoms with E-state index in [1.54, 1.807) is 0 Å². The molecule has 5 rings (SSSR count). The molecule has 4 aromatic rings. The molecule has 0 radical (unpaired) electrons. The van der Waals surface area contributed by atoms with Crippen LogP contribution >= 0.6 is 0 Å². The van der Waals surface area contributed by atoms with E-state index in [2.05, 4.69) is 27.3 Å². The summed E-state index contributed by atoms with van der Waals surface area (Å²) in [6.07, 6.45) is 0. The number of nitrogens with zero attached hydrogens (tertiary/aromatic N) is 6. The zero-order valence-electron chi connectivity index (χ0n) is 17.9. The highest BCUT2D eigenvalue weighted by Gasteiger charge is 2.30. The Morgan fingerprint density at radius 2 is 1.81 bits per heavy atom. The van der Waals surface area contributed by atoms with Crippen LogP contribution in [0.4, 0.5) is 16.4 Å². The maximum atomic E-state index is 12.9. The molecule has 1 aliphatic rings. The minimum atomic E-state index is -0.0758. The number of aromatic nitrogens is 4. The average Bonchev–Trinajstić information content (AvgIpc) is 3.16. The van der Waals surface area contributed by atoms with E-state index in [4.69, 9.17) is 4.98 Å². The van der Waals surface area contributed by atoms with E-state index in [1.807, 2.05) is 71.7 Å². The summed E-state index contributed by atoms with van der Waals surface area (Å²) < 4.78 is 2.01. The van der Waals surface area contributed by atoms with E-state index in [0.717, 1.165) is 34.0 Å². The molecule has 2 amide bonds. The first-order chi connectivity index (χ1) is 15.0. The Hall–Kier alpha value is -3.68. The van der Waals surface area contributed by atoms with Crippen LogP contribution in [0, 0.1) is 13.8 Å². The first-order valence-electron chi connectivity index (χ1n) is 10.5. The molecule has 0 saturated carbocycles. The number of hydrogen-bond acceptors (Lipinski definition) is 5. The normalized spacial score (nSPS) is 16.8. The Morgan fingerprint density at radius 3 is 2.58 bits per heavy atom. The SMILES string of the molecule is Cc1ccc(NC(=O)N2CCN(c3nc4ccccc4c4nnc(C)n34)C[C@@H]2C)cc1. The predicted molar refractivity (Wildman–Crippen MR) is 122 cm³/mol. The van der Waals surface area contributed by atoms with Gasteiger partial charge in [-0.2, -0.15) is 0 Å². The molecule has 158 valence electrons. The quantitative estimate of drug-likeness (QED) is 0.541. The second-order valence-electron chi connectivity index (χ2n) is 8.12. The zero-order valence-corrected chi connectivity index (χ0v) is 17.9. The Morgan fingerprint density at radius 1 is 1.03 bits per heavy atom. The summed E-state index contributed by atoms with van der Waals surface area (Å²) in [7, 11) is 0. The summed E-state index contributed by atoms with van der Waals surface area (Å²) in [5, 5.41) is 12.7. The van der Waals surface area contributed by atoms with Gasteiger partial charge in [-0.1, -0.05) is 29.8 Å². The minimum Gasteiger partial charge on any atom is -0.338 e. The van der Waals surface area contributed by atoms with Gasteiger partial charge in [-0.25, -0.2) is 14.2 Å². The van der Waals surface area contributed by atoms with E-state index in [-0.39, 0.29) is 12.1 Å². The third kappa shape index (κ3) is 3.43. The van der Waals surface area contributed by atoms with Gasteiger partial charge < -0.3 is 15.1 Å². The van der Waals surface area contributed by atoms with Crippen molar-refractivity contribution in [2.45, 2.75) is 26.8 Å². The molecule has 1 fully saturated rings. The first kappa shape index (κ1) is 19.3. The number of para-hydroxylation sites is 1. The number of piperazine rings is 1. The van der Waals surface area contributed by atoms with Crippen LogP contribution in [0.15, 0.2) is 48.5 Å². The number of urea groups is 1. The third-order valence-electron chi connectivity index (χ3n) is 5.86. The Labute approximate surface area is 180 Å². The van der Waals surface area contributed by atoms with Crippen molar-refractivity contribution in [2.24, 2.45) is 0 Å². The van der Waals surface area contributed by atoms with Crippen molar-refractivity contribution >= 4 is 34.2 Å². The fraction of sp³-hybridized carbons (Fsp3) is 0.304. The molecular weight excluding hydrogens is 390 g/mol. The van der Waals surface area contributed by atoms with Gasteiger partial charge >= 0.3 is 6.03 Å². The van der Waals surface area contributed by atoms with Gasteiger partial charge in [0.1, 0.15) is 5.82 Å². The highest BCUT2D eigenvalue weighted by Crippen LogP contribution is 2.26. The van der Waals surface area contributed by atoms with Crippen LogP contribution in [-0.2, 0) is 0 Å². The summed E-state index contributed by atoms with van der Waals surface area (Å²) in [6, 6.07) is 15.8. The number of nitrogens with one attached hydrogen (secondary N) is 1. The van der Waals surface area contributed by atoms with E-state index in [0.29, 0.717) is 19.6 Å². The van der Waals surface area contributed by atoms with Gasteiger partial charge in [0.25, 0.3) is 0 Å². The van der Waals surface area contributed by atoms with Gasteiger partial charge in [-0.05, 0) is 45.0 Å². The van der Waals surface area contributed by atoms with Crippen LogP contribution < -0.4 is 10.2 Å². The van der Waals surface area contributed by atoms with Gasteiger partial charge in [-0.15, -0.1) is 10.2 Å². The second kappa shape index (κ2) is 7.54. The smallest absolute Gasteiger partial charge is 0.322 e. The van der Waals surface area contributed by atoms with Gasteiger partial charge in [0, 0.05) is 36.7 Å². The minimum absolute atomic E-state index is 0.0271. The fourth-order valence-corrected chi connectivity index (χ4v) is 4.18. The summed E-state index contributed by atoms with van der Waals surface area (Å²) in [6.45, 7) is 8.01. The zero-order chi connectivity index (χ0) is 21.5. The summed E-state index contributed by atoms with van der Waals surface area (Å²) >= 11 is 0. The van der Waals surface area contributed by atoms with Crippen molar-refractivity contribution in [1.29, 1.82) is 0 Å². The topological polar surface area (TPSA) is 78.7 Å². The second-order valence-corrected chi connectivity index (χ2v) is 8.12. The van der Waals surface area contributed by atoms with Gasteiger partial charge in [0.05, 0.1) is 5.52 Å². The van der Waals surface area contributed by atoms with Crippen molar-refractivity contribution < 1.29 is 4.79 Å². The first-order valence-corrected chi connectivity index (χ1v) is 10.5. The lowest BCUT2D eigenvalue weighted by Crippen LogP contribution is -2.55. The average molecular weight is 416 g/mol. The lowest BCUT2D eigenvalue weighted by Gasteiger charge is -2.40. The molecule has 8 heteroatoms. The molecular formula is C23H25N7O. The number of carbonyl (C=O) groups is 1. The number of amides is 2. The van der Waals surface area contributed by atoms with Crippen LogP contribution in [0.3, 0.4) is 0 Å². The summed E-state index contributed by atoms with van der Waals surface area (Å²) in [4.78, 5) is 21.9. The molecule has 1 atom stereocenters. The Balaban J connectivity index is 1.40. The van der Waals surface area contributed by atoms with Crippen molar-refractivity contribution in [3.63, 3.8) is 0 Å². The number of aryl methyl sites for hydroxylation is 2. The molecule has 0 spiro atoms. The molecule has 0 bridgehead atoms. The van der Waals surface area contributed by atoms with Crippen LogP contribution in [-0.4, -0.2) is 56.2 Å². The van der Waals surface area contributed by atoms with Crippen LogP contribution in [0.1, 0.15) is 18.3 Å². The number of hydrogen-bond donors (Lipinski definition) is 1. The molecule has 0 unspecified atom stereocenters. The van der Waals surface area contributed by atoms with Crippen LogP contribution in [0.5, 0.6) is 0 Å². The highest BCUT2D eigenvalue weighted by atomic mass is 16.2. The van der Waals surface area contributed by atoms with Gasteiger partial charge in [-0.3, -0.25) is 0 Å². The Bertz CT molecular complexity index is 1260. The van der Waals surface area contributed by atoms with Crippen molar-refractivity contribution in [2.75, 3.05) is 29.9 Å². The van der Waals surface area contributed by atoms with Gasteiger partial charge in [0.2, 0.25) is 5.95 Å².